The Morgan fingerprint density at radius 2 is 2.22 bits per heavy atom. The molecule has 0 saturated heterocycles. The second-order valence-electron chi connectivity index (χ2n) is 4.18. The predicted molar refractivity (Wildman–Crippen MR) is 72.8 cm³/mol. The molecule has 0 aliphatic carbocycles. The van der Waals surface area contributed by atoms with Gasteiger partial charge in [-0.2, -0.15) is 11.8 Å². The summed E-state index contributed by atoms with van der Waals surface area (Å²) < 4.78 is 0. The van der Waals surface area contributed by atoms with E-state index >= 15 is 0 Å². The van der Waals surface area contributed by atoms with Crippen molar-refractivity contribution in [3.63, 3.8) is 0 Å². The van der Waals surface area contributed by atoms with E-state index in [1.807, 2.05) is 30.8 Å². The first-order chi connectivity index (χ1) is 8.78. The average Bonchev–Trinajstić information content (AvgIpc) is 2.85. The molecule has 2 aromatic rings. The molecule has 2 aromatic heterocycles. The van der Waals surface area contributed by atoms with Gasteiger partial charge in [-0.1, -0.05) is 0 Å². The SMILES string of the molecule is Cc1ccnc(-c2nc3c(c(NN)n2)CSC3)c1. The number of anilines is 1. The molecule has 18 heavy (non-hydrogen) atoms. The van der Waals surface area contributed by atoms with E-state index in [0.717, 1.165) is 34.0 Å². The Morgan fingerprint density at radius 1 is 1.33 bits per heavy atom. The molecule has 0 fully saturated rings. The molecule has 0 atom stereocenters. The van der Waals surface area contributed by atoms with Crippen molar-refractivity contribution in [2.45, 2.75) is 18.4 Å². The summed E-state index contributed by atoms with van der Waals surface area (Å²) in [6, 6.07) is 3.93. The lowest BCUT2D eigenvalue weighted by Gasteiger charge is -2.08. The number of hydrazine groups is 1. The van der Waals surface area contributed by atoms with Gasteiger partial charge >= 0.3 is 0 Å². The summed E-state index contributed by atoms with van der Waals surface area (Å²) in [5, 5.41) is 0. The zero-order valence-corrected chi connectivity index (χ0v) is 10.8. The van der Waals surface area contributed by atoms with E-state index in [9.17, 15) is 0 Å². The molecule has 0 radical (unpaired) electrons. The lowest BCUT2D eigenvalue weighted by Crippen LogP contribution is -2.13. The van der Waals surface area contributed by atoms with Crippen LogP contribution in [-0.4, -0.2) is 15.0 Å². The summed E-state index contributed by atoms with van der Waals surface area (Å²) in [6.07, 6.45) is 1.77. The standard InChI is InChI=1S/C12H13N5S/c1-7-2-3-14-9(4-7)12-15-10-6-18-5-8(10)11(16-12)17-13/h2-4H,5-6,13H2,1H3,(H,15,16,17). The van der Waals surface area contributed by atoms with Crippen LogP contribution in [-0.2, 0) is 11.5 Å². The molecule has 0 amide bonds. The van der Waals surface area contributed by atoms with Crippen molar-refractivity contribution in [2.75, 3.05) is 5.43 Å². The molecule has 1 aliphatic heterocycles. The predicted octanol–water partition coefficient (Wildman–Crippen LogP) is 1.88. The minimum atomic E-state index is 0.632. The minimum Gasteiger partial charge on any atom is -0.308 e. The van der Waals surface area contributed by atoms with E-state index in [1.54, 1.807) is 6.20 Å². The van der Waals surface area contributed by atoms with Crippen LogP contribution in [0.15, 0.2) is 18.3 Å². The number of pyridine rings is 1. The Hall–Kier alpha value is -1.66. The molecule has 0 aromatic carbocycles. The molecule has 5 nitrogen and oxygen atoms in total. The fraction of sp³-hybridized carbons (Fsp3) is 0.250. The zero-order chi connectivity index (χ0) is 12.5. The average molecular weight is 259 g/mol. The molecule has 3 rings (SSSR count). The van der Waals surface area contributed by atoms with E-state index in [1.165, 1.54) is 0 Å². The van der Waals surface area contributed by atoms with Gasteiger partial charge in [0.1, 0.15) is 11.5 Å². The number of fused-ring (bicyclic) bond motifs is 1. The number of hydrogen-bond acceptors (Lipinski definition) is 6. The maximum Gasteiger partial charge on any atom is 0.180 e. The molecular weight excluding hydrogens is 246 g/mol. The number of nitrogens with one attached hydrogen (secondary N) is 1. The van der Waals surface area contributed by atoms with Gasteiger partial charge in [0.15, 0.2) is 5.82 Å². The molecule has 0 unspecified atom stereocenters. The van der Waals surface area contributed by atoms with E-state index in [2.05, 4.69) is 20.4 Å². The highest BCUT2D eigenvalue weighted by atomic mass is 32.2. The van der Waals surface area contributed by atoms with Crippen LogP contribution >= 0.6 is 11.8 Å². The lowest BCUT2D eigenvalue weighted by atomic mass is 10.2. The number of aromatic nitrogens is 3. The van der Waals surface area contributed by atoms with Crippen molar-refractivity contribution in [3.05, 3.63) is 35.2 Å². The summed E-state index contributed by atoms with van der Waals surface area (Å²) in [7, 11) is 0. The number of nitrogen functional groups attached to an aromatic ring is 1. The quantitative estimate of drug-likeness (QED) is 0.633. The number of thioether (sulfide) groups is 1. The molecule has 1 aliphatic rings. The third-order valence-corrected chi connectivity index (χ3v) is 3.83. The Balaban J connectivity index is 2.13. The van der Waals surface area contributed by atoms with Gasteiger partial charge in [0, 0.05) is 23.3 Å². The van der Waals surface area contributed by atoms with Crippen LogP contribution in [0, 0.1) is 6.92 Å². The fourth-order valence-corrected chi connectivity index (χ4v) is 2.99. The van der Waals surface area contributed by atoms with Crippen LogP contribution in [0.4, 0.5) is 5.82 Å². The molecule has 3 N–H and O–H groups in total. The number of nitrogens with zero attached hydrogens (tertiary/aromatic N) is 3. The van der Waals surface area contributed by atoms with Crippen molar-refractivity contribution in [1.82, 2.24) is 15.0 Å². The first kappa shape index (κ1) is 11.4. The second-order valence-corrected chi connectivity index (χ2v) is 5.16. The van der Waals surface area contributed by atoms with Gasteiger partial charge < -0.3 is 5.43 Å². The van der Waals surface area contributed by atoms with Gasteiger partial charge in [0.05, 0.1) is 5.69 Å². The van der Waals surface area contributed by atoms with Crippen molar-refractivity contribution < 1.29 is 0 Å². The molecule has 3 heterocycles. The highest BCUT2D eigenvalue weighted by Crippen LogP contribution is 2.33. The number of aryl methyl sites for hydroxylation is 1. The molecule has 92 valence electrons. The number of rotatable bonds is 2. The number of hydrogen-bond donors (Lipinski definition) is 2. The molecular formula is C12H13N5S. The second kappa shape index (κ2) is 4.55. The summed E-state index contributed by atoms with van der Waals surface area (Å²) in [4.78, 5) is 13.3. The molecule has 6 heteroatoms. The number of nitrogens with two attached hydrogens (primary N) is 1. The monoisotopic (exact) mass is 259 g/mol. The van der Waals surface area contributed by atoms with E-state index in [-0.39, 0.29) is 0 Å². The lowest BCUT2D eigenvalue weighted by molar-refractivity contribution is 1.04. The van der Waals surface area contributed by atoms with E-state index < -0.39 is 0 Å². The Labute approximate surface area is 109 Å². The van der Waals surface area contributed by atoms with Gasteiger partial charge in [-0.3, -0.25) is 4.98 Å². The van der Waals surface area contributed by atoms with Crippen molar-refractivity contribution >= 4 is 17.6 Å². The molecule has 0 spiro atoms. The summed E-state index contributed by atoms with van der Waals surface area (Å²) >= 11 is 1.82. The van der Waals surface area contributed by atoms with Gasteiger partial charge in [-0.15, -0.1) is 0 Å². The Bertz CT molecular complexity index is 599. The van der Waals surface area contributed by atoms with Crippen LogP contribution in [0.5, 0.6) is 0 Å². The van der Waals surface area contributed by atoms with E-state index in [4.69, 9.17) is 5.84 Å². The van der Waals surface area contributed by atoms with Gasteiger partial charge in [-0.05, 0) is 24.6 Å². The Morgan fingerprint density at radius 3 is 3.00 bits per heavy atom. The molecule has 0 saturated carbocycles. The Kier molecular flexibility index (Phi) is 2.89. The summed E-state index contributed by atoms with van der Waals surface area (Å²) in [5.74, 6) is 8.69. The van der Waals surface area contributed by atoms with Crippen LogP contribution in [0.2, 0.25) is 0 Å². The van der Waals surface area contributed by atoms with E-state index in [0.29, 0.717) is 11.6 Å². The highest BCUT2D eigenvalue weighted by Gasteiger charge is 2.20. The van der Waals surface area contributed by atoms with Gasteiger partial charge in [0.25, 0.3) is 0 Å². The topological polar surface area (TPSA) is 76.7 Å². The first-order valence-electron chi connectivity index (χ1n) is 5.65. The summed E-state index contributed by atoms with van der Waals surface area (Å²) in [5.41, 5.74) is 6.75. The van der Waals surface area contributed by atoms with Crippen LogP contribution in [0.25, 0.3) is 11.5 Å². The van der Waals surface area contributed by atoms with Crippen LogP contribution in [0.1, 0.15) is 16.8 Å². The highest BCUT2D eigenvalue weighted by molar-refractivity contribution is 7.98. The van der Waals surface area contributed by atoms with Crippen molar-refractivity contribution in [3.8, 4) is 11.5 Å². The van der Waals surface area contributed by atoms with Crippen molar-refractivity contribution in [1.29, 1.82) is 0 Å². The zero-order valence-electron chi connectivity index (χ0n) is 9.97. The van der Waals surface area contributed by atoms with Crippen LogP contribution < -0.4 is 11.3 Å². The maximum atomic E-state index is 5.53. The van der Waals surface area contributed by atoms with Crippen molar-refractivity contribution in [2.24, 2.45) is 5.84 Å². The van der Waals surface area contributed by atoms with Gasteiger partial charge in [0.2, 0.25) is 0 Å². The minimum absolute atomic E-state index is 0.632. The smallest absolute Gasteiger partial charge is 0.180 e. The first-order valence-corrected chi connectivity index (χ1v) is 6.80. The normalized spacial score (nSPS) is 13.4. The summed E-state index contributed by atoms with van der Waals surface area (Å²) in [6.45, 7) is 2.02. The largest absolute Gasteiger partial charge is 0.308 e. The molecule has 0 bridgehead atoms. The third kappa shape index (κ3) is 1.93. The fourth-order valence-electron chi connectivity index (χ4n) is 1.94. The van der Waals surface area contributed by atoms with Gasteiger partial charge in [-0.25, -0.2) is 15.8 Å². The maximum absolute atomic E-state index is 5.53. The third-order valence-electron chi connectivity index (χ3n) is 2.86. The van der Waals surface area contributed by atoms with Crippen LogP contribution in [0.3, 0.4) is 0 Å².